The van der Waals surface area contributed by atoms with Crippen molar-refractivity contribution in [2.75, 3.05) is 0 Å². The number of benzene rings is 4. The lowest BCUT2D eigenvalue weighted by atomic mass is 10.1. The number of rotatable bonds is 4. The largest absolute Gasteiger partial charge is 0.507 e. The Balaban J connectivity index is 1.41. The summed E-state index contributed by atoms with van der Waals surface area (Å²) in [5, 5.41) is 14.0. The molecule has 0 aliphatic heterocycles. The fraction of sp³-hybridized carbons (Fsp3) is 0. The van der Waals surface area contributed by atoms with Crippen LogP contribution in [0.5, 0.6) is 0 Å². The molecule has 2 amide bonds. The Labute approximate surface area is 177 Å². The number of fused-ring (bicyclic) bond motifs is 2. The van der Waals surface area contributed by atoms with Crippen LogP contribution in [0.3, 0.4) is 0 Å². The Hall–Kier alpha value is -4.45. The van der Waals surface area contributed by atoms with E-state index >= 15 is 0 Å². The summed E-state index contributed by atoms with van der Waals surface area (Å²) in [4.78, 5) is 36.4. The molecule has 0 atom stereocenters. The quantitative estimate of drug-likeness (QED) is 0.206. The van der Waals surface area contributed by atoms with Crippen LogP contribution < -0.4 is 10.9 Å². The summed E-state index contributed by atoms with van der Waals surface area (Å²) >= 11 is 0. The zero-order valence-electron chi connectivity index (χ0n) is 16.3. The van der Waals surface area contributed by atoms with Crippen molar-refractivity contribution >= 4 is 44.9 Å². The average molecular weight is 410 g/mol. The van der Waals surface area contributed by atoms with E-state index in [4.69, 9.17) is 0 Å². The predicted molar refractivity (Wildman–Crippen MR) is 119 cm³/mol. The lowest BCUT2D eigenvalue weighted by Crippen LogP contribution is -2.44. The SMILES string of the molecule is O=C(C=C(O)c1ccc2ccccc2c1)C(=O)NNC(=O)c1ccc2ccccc2c1. The van der Waals surface area contributed by atoms with Crippen LogP contribution >= 0.6 is 0 Å². The number of carbonyl (C=O) groups is 3. The Morgan fingerprint density at radius 3 is 1.77 bits per heavy atom. The molecule has 0 aliphatic carbocycles. The maximum absolute atomic E-state index is 12.3. The van der Waals surface area contributed by atoms with Crippen LogP contribution in [0.2, 0.25) is 0 Å². The Kier molecular flexibility index (Phi) is 5.45. The van der Waals surface area contributed by atoms with Gasteiger partial charge in [-0.3, -0.25) is 25.2 Å². The highest BCUT2D eigenvalue weighted by Gasteiger charge is 2.15. The van der Waals surface area contributed by atoms with E-state index < -0.39 is 17.6 Å². The van der Waals surface area contributed by atoms with Crippen molar-refractivity contribution in [3.8, 4) is 0 Å². The van der Waals surface area contributed by atoms with Gasteiger partial charge in [0.05, 0.1) is 0 Å². The minimum absolute atomic E-state index is 0.334. The van der Waals surface area contributed by atoms with Crippen molar-refractivity contribution in [3.05, 3.63) is 102 Å². The van der Waals surface area contributed by atoms with Crippen LogP contribution in [0.1, 0.15) is 15.9 Å². The van der Waals surface area contributed by atoms with E-state index in [1.807, 2.05) is 54.6 Å². The van der Waals surface area contributed by atoms with E-state index in [9.17, 15) is 19.5 Å². The van der Waals surface area contributed by atoms with Gasteiger partial charge in [0.15, 0.2) is 0 Å². The zero-order chi connectivity index (χ0) is 21.8. The first-order valence-electron chi connectivity index (χ1n) is 9.54. The third kappa shape index (κ3) is 4.43. The minimum Gasteiger partial charge on any atom is -0.507 e. The molecule has 6 heteroatoms. The highest BCUT2D eigenvalue weighted by Crippen LogP contribution is 2.20. The second-order valence-corrected chi connectivity index (χ2v) is 6.93. The van der Waals surface area contributed by atoms with Crippen molar-refractivity contribution < 1.29 is 19.5 Å². The average Bonchev–Trinajstić information content (AvgIpc) is 2.81. The number of aliphatic hydroxyl groups is 1. The highest BCUT2D eigenvalue weighted by atomic mass is 16.3. The number of amides is 2. The van der Waals surface area contributed by atoms with Gasteiger partial charge >= 0.3 is 5.91 Å². The zero-order valence-corrected chi connectivity index (χ0v) is 16.3. The van der Waals surface area contributed by atoms with Gasteiger partial charge in [-0.15, -0.1) is 0 Å². The Bertz CT molecular complexity index is 1360. The molecule has 0 fully saturated rings. The number of hydrogen-bond donors (Lipinski definition) is 3. The van der Waals surface area contributed by atoms with Crippen LogP contribution in [0.4, 0.5) is 0 Å². The Morgan fingerprint density at radius 1 is 0.645 bits per heavy atom. The van der Waals surface area contributed by atoms with E-state index in [-0.39, 0.29) is 5.76 Å². The summed E-state index contributed by atoms with van der Waals surface area (Å²) in [5.74, 6) is -2.97. The molecule has 0 saturated carbocycles. The van der Waals surface area contributed by atoms with Gasteiger partial charge in [0.2, 0.25) is 5.78 Å². The van der Waals surface area contributed by atoms with Crippen LogP contribution in [-0.4, -0.2) is 22.7 Å². The van der Waals surface area contributed by atoms with Gasteiger partial charge in [0.25, 0.3) is 5.91 Å². The van der Waals surface area contributed by atoms with Gasteiger partial charge in [-0.1, -0.05) is 66.7 Å². The van der Waals surface area contributed by atoms with Gasteiger partial charge in [-0.05, 0) is 39.7 Å². The number of ketones is 1. The van der Waals surface area contributed by atoms with Gasteiger partial charge in [-0.25, -0.2) is 0 Å². The number of hydrogen-bond acceptors (Lipinski definition) is 4. The first-order chi connectivity index (χ1) is 15.0. The third-order valence-corrected chi connectivity index (χ3v) is 4.84. The van der Waals surface area contributed by atoms with Gasteiger partial charge in [0.1, 0.15) is 5.76 Å². The topological polar surface area (TPSA) is 95.5 Å². The summed E-state index contributed by atoms with van der Waals surface area (Å²) in [6.07, 6.45) is 0.821. The van der Waals surface area contributed by atoms with E-state index in [0.29, 0.717) is 11.1 Å². The normalized spacial score (nSPS) is 11.3. The van der Waals surface area contributed by atoms with Crippen molar-refractivity contribution in [3.63, 3.8) is 0 Å². The third-order valence-electron chi connectivity index (χ3n) is 4.84. The minimum atomic E-state index is -1.07. The molecule has 0 radical (unpaired) electrons. The van der Waals surface area contributed by atoms with E-state index in [0.717, 1.165) is 27.6 Å². The smallest absolute Gasteiger partial charge is 0.310 e. The summed E-state index contributed by atoms with van der Waals surface area (Å²) in [6, 6.07) is 25.4. The molecule has 3 N–H and O–H groups in total. The fourth-order valence-electron chi connectivity index (χ4n) is 3.20. The van der Waals surface area contributed by atoms with Crippen LogP contribution in [0, 0.1) is 0 Å². The fourth-order valence-corrected chi connectivity index (χ4v) is 3.20. The number of nitrogens with one attached hydrogen (secondary N) is 2. The van der Waals surface area contributed by atoms with Crippen LogP contribution in [-0.2, 0) is 9.59 Å². The highest BCUT2D eigenvalue weighted by molar-refractivity contribution is 6.41. The Morgan fingerprint density at radius 2 is 1.16 bits per heavy atom. The maximum atomic E-state index is 12.3. The summed E-state index contributed by atoms with van der Waals surface area (Å²) in [6.45, 7) is 0. The van der Waals surface area contributed by atoms with Crippen LogP contribution in [0.25, 0.3) is 27.3 Å². The number of carbonyl (C=O) groups excluding carboxylic acids is 3. The summed E-state index contributed by atoms with van der Waals surface area (Å²) in [5.41, 5.74) is 5.02. The molecule has 31 heavy (non-hydrogen) atoms. The number of aliphatic hydroxyl groups excluding tert-OH is 1. The summed E-state index contributed by atoms with van der Waals surface area (Å²) in [7, 11) is 0. The van der Waals surface area contributed by atoms with Crippen molar-refractivity contribution in [2.45, 2.75) is 0 Å². The molecule has 0 aromatic heterocycles. The first-order valence-corrected chi connectivity index (χ1v) is 9.54. The van der Waals surface area contributed by atoms with Gasteiger partial charge in [0, 0.05) is 17.2 Å². The second kappa shape index (κ2) is 8.51. The molecular weight excluding hydrogens is 392 g/mol. The van der Waals surface area contributed by atoms with Gasteiger partial charge < -0.3 is 5.11 Å². The lowest BCUT2D eigenvalue weighted by molar-refractivity contribution is -0.135. The first kappa shape index (κ1) is 19.8. The molecule has 4 aromatic carbocycles. The second-order valence-electron chi connectivity index (χ2n) is 6.93. The molecule has 4 rings (SSSR count). The van der Waals surface area contributed by atoms with Gasteiger partial charge in [-0.2, -0.15) is 0 Å². The maximum Gasteiger partial charge on any atom is 0.310 e. The predicted octanol–water partition coefficient (Wildman–Crippen LogP) is 3.92. The lowest BCUT2D eigenvalue weighted by Gasteiger charge is -2.07. The molecule has 0 unspecified atom stereocenters. The monoisotopic (exact) mass is 410 g/mol. The van der Waals surface area contributed by atoms with E-state index in [1.165, 1.54) is 0 Å². The molecule has 152 valence electrons. The molecule has 0 heterocycles. The number of hydrazine groups is 1. The van der Waals surface area contributed by atoms with E-state index in [1.54, 1.807) is 30.3 Å². The standard InChI is InChI=1S/C25H18N2O4/c28-22(20-11-9-16-5-1-3-7-18(16)13-20)15-23(29)25(31)27-26-24(30)21-12-10-17-6-2-4-8-19(17)14-21/h1-15,28H,(H,26,30)(H,27,31). The summed E-state index contributed by atoms with van der Waals surface area (Å²) < 4.78 is 0. The van der Waals surface area contributed by atoms with E-state index in [2.05, 4.69) is 10.9 Å². The molecule has 0 aliphatic rings. The molecule has 6 nitrogen and oxygen atoms in total. The molecular formula is C25H18N2O4. The molecule has 4 aromatic rings. The van der Waals surface area contributed by atoms with Crippen molar-refractivity contribution in [2.24, 2.45) is 0 Å². The van der Waals surface area contributed by atoms with Crippen molar-refractivity contribution in [1.82, 2.24) is 10.9 Å². The van der Waals surface area contributed by atoms with Crippen LogP contribution in [0.15, 0.2) is 91.0 Å². The molecule has 0 saturated heterocycles. The molecule has 0 bridgehead atoms. The van der Waals surface area contributed by atoms with Crippen molar-refractivity contribution in [1.29, 1.82) is 0 Å². The molecule has 0 spiro atoms.